The molecule has 0 radical (unpaired) electrons. The first-order valence-corrected chi connectivity index (χ1v) is 13.3. The van der Waals surface area contributed by atoms with Gasteiger partial charge in [0.25, 0.3) is 5.91 Å². The Morgan fingerprint density at radius 2 is 1.69 bits per heavy atom. The molecule has 8 heteroatoms. The van der Waals surface area contributed by atoms with Crippen molar-refractivity contribution in [1.82, 2.24) is 10.2 Å². The third kappa shape index (κ3) is 6.42. The highest BCUT2D eigenvalue weighted by molar-refractivity contribution is 5.97. The zero-order valence-electron chi connectivity index (χ0n) is 22.1. The molecule has 0 aromatic heterocycles. The molecular weight excluding hydrogens is 496 g/mol. The van der Waals surface area contributed by atoms with Gasteiger partial charge in [0.2, 0.25) is 0 Å². The lowest BCUT2D eigenvalue weighted by molar-refractivity contribution is 0.0401. The standard InChI is InChI=1S/C31H36N2O6/c1-38-25-10-7-21(8-11-25)17-33-18-24(34)16-32-30(37)26-12-9-23(22-5-3-2-4-6-22)13-29(26)39-20-31(19-33)14-27(35)28(36)15-31/h2-13,24,27-28,34-36H,14-20H2,1H3,(H,32,37)/t24-,27-,28+,31?/m0/s1. The fourth-order valence-corrected chi connectivity index (χ4v) is 5.72. The Kier molecular flexibility index (Phi) is 8.18. The van der Waals surface area contributed by atoms with Crippen molar-refractivity contribution in [1.29, 1.82) is 0 Å². The molecular formula is C31H36N2O6. The summed E-state index contributed by atoms with van der Waals surface area (Å²) in [6.45, 7) is 1.62. The molecule has 4 N–H and O–H groups in total. The van der Waals surface area contributed by atoms with Gasteiger partial charge in [-0.15, -0.1) is 0 Å². The summed E-state index contributed by atoms with van der Waals surface area (Å²) < 4.78 is 11.7. The highest BCUT2D eigenvalue weighted by atomic mass is 16.5. The van der Waals surface area contributed by atoms with Crippen LogP contribution in [0.5, 0.6) is 11.5 Å². The minimum atomic E-state index is -0.868. The van der Waals surface area contributed by atoms with Crippen molar-refractivity contribution >= 4 is 5.91 Å². The molecule has 3 aromatic rings. The number of nitrogens with one attached hydrogen (secondary N) is 1. The zero-order valence-corrected chi connectivity index (χ0v) is 22.1. The largest absolute Gasteiger partial charge is 0.497 e. The molecule has 4 atom stereocenters. The van der Waals surface area contributed by atoms with Crippen LogP contribution in [0.2, 0.25) is 0 Å². The molecule has 1 saturated carbocycles. The number of β-amino-alcohol motifs (C(OH)–C–C–N with tert-alkyl or cyclic N) is 1. The lowest BCUT2D eigenvalue weighted by atomic mass is 9.85. The molecule has 5 rings (SSSR count). The van der Waals surface area contributed by atoms with Gasteiger partial charge < -0.3 is 30.1 Å². The third-order valence-corrected chi connectivity index (χ3v) is 7.69. The minimum absolute atomic E-state index is 0.0794. The summed E-state index contributed by atoms with van der Waals surface area (Å²) in [5.41, 5.74) is 2.74. The molecule has 1 fully saturated rings. The predicted molar refractivity (Wildman–Crippen MR) is 148 cm³/mol. The van der Waals surface area contributed by atoms with E-state index in [9.17, 15) is 20.1 Å². The number of benzene rings is 3. The minimum Gasteiger partial charge on any atom is -0.497 e. The summed E-state index contributed by atoms with van der Waals surface area (Å²) in [7, 11) is 1.62. The van der Waals surface area contributed by atoms with Crippen LogP contribution in [-0.4, -0.2) is 77.8 Å². The maximum absolute atomic E-state index is 13.2. The average Bonchev–Trinajstić information content (AvgIpc) is 3.23. The maximum atomic E-state index is 13.2. The summed E-state index contributed by atoms with van der Waals surface area (Å²) in [6.07, 6.45) is -1.85. The fraction of sp³-hybridized carbons (Fsp3) is 0.387. The first-order valence-electron chi connectivity index (χ1n) is 13.3. The smallest absolute Gasteiger partial charge is 0.255 e. The maximum Gasteiger partial charge on any atom is 0.255 e. The van der Waals surface area contributed by atoms with Gasteiger partial charge in [-0.25, -0.2) is 0 Å². The highest BCUT2D eigenvalue weighted by Gasteiger charge is 2.46. The Hall–Kier alpha value is -3.43. The number of carbonyl (C=O) groups is 1. The van der Waals surface area contributed by atoms with Crippen LogP contribution in [0.25, 0.3) is 11.1 Å². The number of methoxy groups -OCH3 is 1. The molecule has 1 unspecified atom stereocenters. The number of amides is 1. The Morgan fingerprint density at radius 3 is 2.38 bits per heavy atom. The van der Waals surface area contributed by atoms with E-state index >= 15 is 0 Å². The van der Waals surface area contributed by atoms with Gasteiger partial charge in [0.15, 0.2) is 0 Å². The number of aliphatic hydroxyl groups excluding tert-OH is 3. The van der Waals surface area contributed by atoms with Gasteiger partial charge in [-0.05, 0) is 53.8 Å². The van der Waals surface area contributed by atoms with Crippen molar-refractivity contribution < 1.29 is 29.6 Å². The van der Waals surface area contributed by atoms with Crippen LogP contribution in [0.1, 0.15) is 28.8 Å². The van der Waals surface area contributed by atoms with E-state index in [2.05, 4.69) is 10.2 Å². The summed E-state index contributed by atoms with van der Waals surface area (Å²) >= 11 is 0. The quantitative estimate of drug-likeness (QED) is 0.409. The number of fused-ring (bicyclic) bond motifs is 1. The molecule has 39 heavy (non-hydrogen) atoms. The second-order valence-corrected chi connectivity index (χ2v) is 10.8. The lowest BCUT2D eigenvalue weighted by Gasteiger charge is -2.37. The summed E-state index contributed by atoms with van der Waals surface area (Å²) in [6, 6.07) is 23.1. The van der Waals surface area contributed by atoms with E-state index < -0.39 is 23.7 Å². The molecule has 2 aliphatic rings. The molecule has 3 aromatic carbocycles. The van der Waals surface area contributed by atoms with E-state index in [1.807, 2.05) is 66.7 Å². The van der Waals surface area contributed by atoms with Gasteiger partial charge in [-0.2, -0.15) is 0 Å². The zero-order chi connectivity index (χ0) is 27.4. The van der Waals surface area contributed by atoms with Crippen molar-refractivity contribution in [2.75, 3.05) is 33.4 Å². The number of carbonyl (C=O) groups excluding carboxylic acids is 1. The topological polar surface area (TPSA) is 111 Å². The summed E-state index contributed by atoms with van der Waals surface area (Å²) in [5, 5.41) is 34.9. The third-order valence-electron chi connectivity index (χ3n) is 7.69. The molecule has 1 aliphatic heterocycles. The predicted octanol–water partition coefficient (Wildman–Crippen LogP) is 2.85. The second-order valence-electron chi connectivity index (χ2n) is 10.8. The summed E-state index contributed by atoms with van der Waals surface area (Å²) in [4.78, 5) is 15.3. The SMILES string of the molecule is COc1ccc(CN2C[C@@H](O)CNC(=O)c3ccc(-c4ccccc4)cc3OCC3(C[C@@H](O)[C@@H](O)C3)C2)cc1. The molecule has 206 valence electrons. The first kappa shape index (κ1) is 27.1. The number of hydrogen-bond donors (Lipinski definition) is 4. The first-order chi connectivity index (χ1) is 18.8. The van der Waals surface area contributed by atoms with Gasteiger partial charge >= 0.3 is 0 Å². The molecule has 0 bridgehead atoms. The number of nitrogens with zero attached hydrogens (tertiary/aromatic N) is 1. The van der Waals surface area contributed by atoms with Crippen LogP contribution >= 0.6 is 0 Å². The van der Waals surface area contributed by atoms with Crippen molar-refractivity contribution in [2.45, 2.75) is 37.7 Å². The lowest BCUT2D eigenvalue weighted by Crippen LogP contribution is -2.46. The normalized spacial score (nSPS) is 26.2. The average molecular weight is 533 g/mol. The Labute approximate surface area is 228 Å². The number of ether oxygens (including phenoxy) is 2. The Morgan fingerprint density at radius 1 is 0.974 bits per heavy atom. The molecule has 1 spiro atoms. The molecule has 0 saturated heterocycles. The number of hydrogen-bond acceptors (Lipinski definition) is 7. The van der Waals surface area contributed by atoms with Crippen LogP contribution in [0, 0.1) is 5.41 Å². The van der Waals surface area contributed by atoms with Crippen molar-refractivity contribution in [3.8, 4) is 22.6 Å². The number of aliphatic hydroxyl groups is 3. The highest BCUT2D eigenvalue weighted by Crippen LogP contribution is 2.41. The van der Waals surface area contributed by atoms with Crippen molar-refractivity contribution in [2.24, 2.45) is 5.41 Å². The molecule has 1 aliphatic carbocycles. The van der Waals surface area contributed by atoms with E-state index in [-0.39, 0.29) is 19.1 Å². The monoisotopic (exact) mass is 532 g/mol. The Balaban J connectivity index is 1.47. The van der Waals surface area contributed by atoms with E-state index in [1.54, 1.807) is 13.2 Å². The fourth-order valence-electron chi connectivity index (χ4n) is 5.72. The van der Waals surface area contributed by atoms with Gasteiger partial charge in [0.1, 0.15) is 11.5 Å². The van der Waals surface area contributed by atoms with E-state index in [0.717, 1.165) is 22.4 Å². The Bertz CT molecular complexity index is 1260. The molecule has 1 amide bonds. The van der Waals surface area contributed by atoms with E-state index in [0.29, 0.717) is 43.8 Å². The van der Waals surface area contributed by atoms with Crippen molar-refractivity contribution in [3.05, 3.63) is 83.9 Å². The van der Waals surface area contributed by atoms with Crippen LogP contribution in [0.4, 0.5) is 0 Å². The van der Waals surface area contributed by atoms with Crippen LogP contribution < -0.4 is 14.8 Å². The van der Waals surface area contributed by atoms with Gasteiger partial charge in [0, 0.05) is 31.6 Å². The second kappa shape index (κ2) is 11.8. The van der Waals surface area contributed by atoms with E-state index in [4.69, 9.17) is 9.47 Å². The molecule has 1 heterocycles. The molecule has 8 nitrogen and oxygen atoms in total. The van der Waals surface area contributed by atoms with Crippen molar-refractivity contribution in [3.63, 3.8) is 0 Å². The van der Waals surface area contributed by atoms with Gasteiger partial charge in [-0.3, -0.25) is 9.69 Å². The summed E-state index contributed by atoms with van der Waals surface area (Å²) in [5.74, 6) is 0.864. The van der Waals surface area contributed by atoms with Crippen LogP contribution in [0.15, 0.2) is 72.8 Å². The van der Waals surface area contributed by atoms with Gasteiger partial charge in [0.05, 0.1) is 37.6 Å². The van der Waals surface area contributed by atoms with Gasteiger partial charge in [-0.1, -0.05) is 48.5 Å². The number of rotatable bonds is 4. The van der Waals surface area contributed by atoms with Crippen LogP contribution in [-0.2, 0) is 6.54 Å². The van der Waals surface area contributed by atoms with E-state index in [1.165, 1.54) is 0 Å². The van der Waals surface area contributed by atoms with Crippen LogP contribution in [0.3, 0.4) is 0 Å².